The summed E-state index contributed by atoms with van der Waals surface area (Å²) < 4.78 is 6.21. The molecule has 2 aromatic heterocycles. The third-order valence-corrected chi connectivity index (χ3v) is 7.12. The van der Waals surface area contributed by atoms with Crippen molar-refractivity contribution in [1.29, 1.82) is 0 Å². The van der Waals surface area contributed by atoms with Gasteiger partial charge in [0.25, 0.3) is 0 Å². The number of hydrogen-bond acceptors (Lipinski definition) is 5. The molecule has 1 aliphatic rings. The van der Waals surface area contributed by atoms with E-state index < -0.39 is 0 Å². The first-order valence-corrected chi connectivity index (χ1v) is 14.0. The molecule has 1 aliphatic carbocycles. The number of nitrogens with two attached hydrogens (primary N) is 1. The highest BCUT2D eigenvalue weighted by molar-refractivity contribution is 5.89. The van der Waals surface area contributed by atoms with Crippen LogP contribution in [-0.2, 0) is 12.0 Å². The zero-order valence-corrected chi connectivity index (χ0v) is 23.6. The maximum absolute atomic E-state index is 7.00. The fourth-order valence-electron chi connectivity index (χ4n) is 4.84. The molecule has 0 saturated heterocycles. The van der Waals surface area contributed by atoms with Crippen LogP contribution < -0.4 is 15.5 Å². The van der Waals surface area contributed by atoms with Crippen molar-refractivity contribution in [2.45, 2.75) is 45.1 Å². The van der Waals surface area contributed by atoms with E-state index in [2.05, 4.69) is 53.5 Å². The van der Waals surface area contributed by atoms with Crippen molar-refractivity contribution in [3.8, 4) is 28.3 Å². The molecule has 6 heteroatoms. The number of pyridine rings is 1. The molecule has 0 bridgehead atoms. The summed E-state index contributed by atoms with van der Waals surface area (Å²) in [6.45, 7) is 4.57. The van der Waals surface area contributed by atoms with Crippen molar-refractivity contribution in [2.75, 3.05) is 13.7 Å². The second-order valence-corrected chi connectivity index (χ2v) is 9.50. The van der Waals surface area contributed by atoms with Crippen LogP contribution in [0.3, 0.4) is 0 Å². The lowest BCUT2D eigenvalue weighted by atomic mass is 9.72. The zero-order chi connectivity index (χ0) is 28.4. The summed E-state index contributed by atoms with van der Waals surface area (Å²) in [5.41, 5.74) is 14.1. The van der Waals surface area contributed by atoms with Gasteiger partial charge in [0.1, 0.15) is 11.3 Å². The number of rotatable bonds is 7. The quantitative estimate of drug-likeness (QED) is 0.252. The highest BCUT2D eigenvalue weighted by Gasteiger charge is 2.34. The monoisotopic (exact) mass is 535 g/mol. The predicted octanol–water partition coefficient (Wildman–Crippen LogP) is 6.37. The molecule has 0 aliphatic heterocycles. The highest BCUT2D eigenvalue weighted by Crippen LogP contribution is 2.40. The van der Waals surface area contributed by atoms with E-state index >= 15 is 0 Å². The van der Waals surface area contributed by atoms with Gasteiger partial charge in [-0.1, -0.05) is 74.5 Å². The Kier molecular flexibility index (Phi) is 9.95. The summed E-state index contributed by atoms with van der Waals surface area (Å²) in [5.74, 6) is 0.747. The van der Waals surface area contributed by atoms with E-state index in [-0.39, 0.29) is 5.54 Å². The Balaban J connectivity index is 0.000000886. The Hall–Kier alpha value is -4.13. The van der Waals surface area contributed by atoms with E-state index in [0.29, 0.717) is 6.61 Å². The first kappa shape index (κ1) is 28.9. The number of nitrogens with zero attached hydrogens (tertiary/aromatic N) is 2. The second kappa shape index (κ2) is 13.8. The van der Waals surface area contributed by atoms with Crippen LogP contribution in [-0.4, -0.2) is 28.8 Å². The zero-order valence-electron chi connectivity index (χ0n) is 23.6. The number of aromatic amines is 1. The first-order chi connectivity index (χ1) is 19.7. The van der Waals surface area contributed by atoms with Crippen LogP contribution in [0.15, 0.2) is 97.3 Å². The first-order valence-electron chi connectivity index (χ1n) is 14.0. The summed E-state index contributed by atoms with van der Waals surface area (Å²) >= 11 is 0. The van der Waals surface area contributed by atoms with Crippen LogP contribution in [0.1, 0.15) is 44.2 Å². The standard InChI is InChI=1S/C31H28N4O.C2H6.CH4O/c32-31(17-5-18-31)25-12-10-24(11-13-25)28-29(23-6-2-1-3-7-23)35-30-26(34-28)8-4-9-27(30)36-21-16-22-14-19-33-20-15-22;2*1-2/h1-4,6-15,19-20H,5,16-18,21,32H2;1-2H3;2H,1H3/p+1. The lowest BCUT2D eigenvalue weighted by Gasteiger charge is -2.38. The molecule has 5 aromatic rings. The summed E-state index contributed by atoms with van der Waals surface area (Å²) in [7, 11) is 1.00. The van der Waals surface area contributed by atoms with Crippen LogP contribution in [0.5, 0.6) is 5.75 Å². The van der Waals surface area contributed by atoms with Crippen LogP contribution in [0.2, 0.25) is 0 Å². The Morgan fingerprint density at radius 3 is 2.10 bits per heavy atom. The number of H-pyrrole nitrogens is 1. The molecule has 0 unspecified atom stereocenters. The molecule has 6 nitrogen and oxygen atoms in total. The molecule has 6 rings (SSSR count). The molecule has 206 valence electrons. The van der Waals surface area contributed by atoms with E-state index in [4.69, 9.17) is 25.5 Å². The van der Waals surface area contributed by atoms with Gasteiger partial charge in [0.15, 0.2) is 12.4 Å². The summed E-state index contributed by atoms with van der Waals surface area (Å²) in [6.07, 6.45) is 7.96. The molecular weight excluding hydrogens is 496 g/mol. The number of hydrogen-bond donors (Lipinski definition) is 2. The Bertz CT molecular complexity index is 1490. The maximum atomic E-state index is 7.00. The molecule has 40 heavy (non-hydrogen) atoms. The van der Waals surface area contributed by atoms with E-state index in [1.54, 1.807) is 0 Å². The SMILES string of the molecule is CC.CO.NC1(c2ccc(-c3nc4cccc(OCCc5cc[nH+]cc5)c4nc3-c3ccccc3)cc2)CCC1. The molecule has 2 heterocycles. The Labute approximate surface area is 236 Å². The molecule has 0 spiro atoms. The topological polar surface area (TPSA) is 95.4 Å². The smallest absolute Gasteiger partial charge is 0.167 e. The number of fused-ring (bicyclic) bond motifs is 1. The molecular formula is C34H39N4O2+. The lowest BCUT2D eigenvalue weighted by molar-refractivity contribution is -0.378. The van der Waals surface area contributed by atoms with Gasteiger partial charge in [-0.25, -0.2) is 15.0 Å². The number of aromatic nitrogens is 3. The third kappa shape index (κ3) is 6.36. The van der Waals surface area contributed by atoms with Crippen LogP contribution in [0.4, 0.5) is 0 Å². The molecule has 4 N–H and O–H groups in total. The summed E-state index contributed by atoms with van der Waals surface area (Å²) in [5, 5.41) is 7.00. The lowest BCUT2D eigenvalue weighted by Crippen LogP contribution is -2.43. The summed E-state index contributed by atoms with van der Waals surface area (Å²) in [4.78, 5) is 13.3. The number of aliphatic hydroxyl groups is 1. The largest absolute Gasteiger partial charge is 0.491 e. The fraction of sp³-hybridized carbons (Fsp3) is 0.265. The van der Waals surface area contributed by atoms with Crippen molar-refractivity contribution >= 4 is 11.0 Å². The second-order valence-electron chi connectivity index (χ2n) is 9.50. The van der Waals surface area contributed by atoms with E-state index in [9.17, 15) is 0 Å². The van der Waals surface area contributed by atoms with Crippen molar-refractivity contribution in [3.05, 3.63) is 108 Å². The molecule has 1 fully saturated rings. The van der Waals surface area contributed by atoms with E-state index in [1.165, 1.54) is 17.5 Å². The van der Waals surface area contributed by atoms with Gasteiger partial charge in [0.05, 0.1) is 23.5 Å². The van der Waals surface area contributed by atoms with Gasteiger partial charge >= 0.3 is 0 Å². The van der Waals surface area contributed by atoms with Crippen molar-refractivity contribution in [2.24, 2.45) is 5.73 Å². The molecule has 0 radical (unpaired) electrons. The average Bonchev–Trinajstić information content (AvgIpc) is 3.02. The molecule has 0 amide bonds. The van der Waals surface area contributed by atoms with Crippen LogP contribution in [0, 0.1) is 0 Å². The van der Waals surface area contributed by atoms with E-state index in [0.717, 1.165) is 65.7 Å². The van der Waals surface area contributed by atoms with Crippen molar-refractivity contribution < 1.29 is 14.8 Å². The van der Waals surface area contributed by atoms with Gasteiger partial charge in [0.2, 0.25) is 0 Å². The predicted molar refractivity (Wildman–Crippen MR) is 162 cm³/mol. The number of aliphatic hydroxyl groups excluding tert-OH is 1. The minimum absolute atomic E-state index is 0.180. The fourth-order valence-corrected chi connectivity index (χ4v) is 4.84. The van der Waals surface area contributed by atoms with Crippen molar-refractivity contribution in [3.63, 3.8) is 0 Å². The normalized spacial score (nSPS) is 13.2. The number of ether oxygens (including phenoxy) is 1. The number of para-hydroxylation sites is 1. The highest BCUT2D eigenvalue weighted by atomic mass is 16.5. The minimum Gasteiger partial charge on any atom is -0.491 e. The van der Waals surface area contributed by atoms with E-state index in [1.807, 2.05) is 62.6 Å². The van der Waals surface area contributed by atoms with Gasteiger partial charge < -0.3 is 15.6 Å². The maximum Gasteiger partial charge on any atom is 0.167 e. The van der Waals surface area contributed by atoms with Gasteiger partial charge in [-0.3, -0.25) is 0 Å². The van der Waals surface area contributed by atoms with Gasteiger partial charge in [-0.2, -0.15) is 0 Å². The van der Waals surface area contributed by atoms with Crippen molar-refractivity contribution in [1.82, 2.24) is 9.97 Å². The van der Waals surface area contributed by atoms with Gasteiger partial charge in [-0.15, -0.1) is 0 Å². The minimum atomic E-state index is -0.180. The van der Waals surface area contributed by atoms with Gasteiger partial charge in [-0.05, 0) is 42.5 Å². The Morgan fingerprint density at radius 1 is 0.800 bits per heavy atom. The van der Waals surface area contributed by atoms with Gasteiger partial charge in [0, 0.05) is 42.3 Å². The number of benzene rings is 3. The molecule has 0 atom stereocenters. The average molecular weight is 536 g/mol. The van der Waals surface area contributed by atoms with Crippen LogP contribution >= 0.6 is 0 Å². The molecule has 3 aromatic carbocycles. The third-order valence-electron chi connectivity index (χ3n) is 7.12. The molecule has 1 saturated carbocycles. The summed E-state index contributed by atoms with van der Waals surface area (Å²) in [6, 6.07) is 28.9. The number of nitrogens with one attached hydrogen (secondary N) is 1. The Morgan fingerprint density at radius 2 is 1.45 bits per heavy atom. The van der Waals surface area contributed by atoms with Crippen LogP contribution in [0.25, 0.3) is 33.5 Å².